The molecule has 0 saturated heterocycles. The Kier molecular flexibility index (Phi) is 2.89. The number of imidazole rings is 1. The highest BCUT2D eigenvalue weighted by Gasteiger charge is 2.27. The second-order valence-corrected chi connectivity index (χ2v) is 4.77. The molecule has 7 nitrogen and oxygen atoms in total. The molecule has 0 fully saturated rings. The summed E-state index contributed by atoms with van der Waals surface area (Å²) in [6.45, 7) is -0.165. The van der Waals surface area contributed by atoms with Crippen LogP contribution in [0, 0.1) is 0 Å². The quantitative estimate of drug-likeness (QED) is 0.539. The van der Waals surface area contributed by atoms with Crippen molar-refractivity contribution in [2.45, 2.75) is 18.6 Å². The molecule has 1 aliphatic carbocycles. The van der Waals surface area contributed by atoms with Crippen LogP contribution in [0.25, 0.3) is 11.2 Å². The van der Waals surface area contributed by atoms with Crippen molar-refractivity contribution in [2.75, 3.05) is 12.3 Å². The maximum atomic E-state index is 9.79. The summed E-state index contributed by atoms with van der Waals surface area (Å²) in [6, 6.07) is -0.132. The fourth-order valence-corrected chi connectivity index (χ4v) is 2.52. The number of halogens is 1. The monoisotopic (exact) mass is 281 g/mol. The highest BCUT2D eigenvalue weighted by Crippen LogP contribution is 2.31. The number of aliphatic hydroxyl groups excluding tert-OH is 2. The van der Waals surface area contributed by atoms with E-state index in [0.717, 1.165) is 0 Å². The van der Waals surface area contributed by atoms with Gasteiger partial charge in [0.25, 0.3) is 0 Å². The van der Waals surface area contributed by atoms with Crippen LogP contribution in [-0.2, 0) is 0 Å². The van der Waals surface area contributed by atoms with Crippen LogP contribution in [0.3, 0.4) is 0 Å². The topological polar surface area (TPSA) is 110 Å². The zero-order valence-electron chi connectivity index (χ0n) is 9.86. The molecule has 0 unspecified atom stereocenters. The minimum atomic E-state index is -0.651. The number of aliphatic hydroxyl groups is 2. The Labute approximate surface area is 113 Å². The third-order valence-corrected chi connectivity index (χ3v) is 3.50. The third-order valence-electron chi connectivity index (χ3n) is 3.24. The van der Waals surface area contributed by atoms with Crippen molar-refractivity contribution in [2.24, 2.45) is 0 Å². The van der Waals surface area contributed by atoms with Crippen molar-refractivity contribution in [3.05, 3.63) is 23.1 Å². The average molecular weight is 282 g/mol. The first-order valence-electron chi connectivity index (χ1n) is 5.75. The molecule has 2 aromatic rings. The first-order chi connectivity index (χ1) is 9.10. The van der Waals surface area contributed by atoms with Gasteiger partial charge in [-0.3, -0.25) is 0 Å². The molecule has 0 amide bonds. The fraction of sp³-hybridized carbons (Fsp3) is 0.364. The van der Waals surface area contributed by atoms with E-state index >= 15 is 0 Å². The summed E-state index contributed by atoms with van der Waals surface area (Å²) >= 11 is 5.96. The van der Waals surface area contributed by atoms with Gasteiger partial charge in [-0.2, -0.15) is 9.97 Å². The average Bonchev–Trinajstić information content (AvgIpc) is 2.92. The number of nitrogen functional groups attached to an aromatic ring is 1. The first-order valence-corrected chi connectivity index (χ1v) is 6.13. The summed E-state index contributed by atoms with van der Waals surface area (Å²) in [7, 11) is 0. The predicted octanol–water partition coefficient (Wildman–Crippen LogP) is 0.286. The molecule has 19 heavy (non-hydrogen) atoms. The summed E-state index contributed by atoms with van der Waals surface area (Å²) in [5.74, 6) is 0.0733. The number of allylic oxidation sites excluding steroid dienone is 1. The van der Waals surface area contributed by atoms with Crippen LogP contribution in [-0.4, -0.2) is 42.4 Å². The Bertz CT molecular complexity index is 668. The second-order valence-electron chi connectivity index (χ2n) is 4.42. The smallest absolute Gasteiger partial charge is 0.223 e. The van der Waals surface area contributed by atoms with E-state index in [-0.39, 0.29) is 23.8 Å². The van der Waals surface area contributed by atoms with E-state index in [1.54, 1.807) is 17.0 Å². The van der Waals surface area contributed by atoms with Gasteiger partial charge < -0.3 is 20.5 Å². The predicted molar refractivity (Wildman–Crippen MR) is 69.6 cm³/mol. The van der Waals surface area contributed by atoms with Crippen LogP contribution in [0.1, 0.15) is 12.5 Å². The molecule has 0 radical (unpaired) electrons. The number of hydrogen-bond acceptors (Lipinski definition) is 6. The Morgan fingerprint density at radius 1 is 1.47 bits per heavy atom. The number of nitrogens with two attached hydrogens (primary N) is 1. The highest BCUT2D eigenvalue weighted by atomic mass is 35.5. The van der Waals surface area contributed by atoms with Crippen molar-refractivity contribution < 1.29 is 10.2 Å². The van der Waals surface area contributed by atoms with Gasteiger partial charge in [-0.15, -0.1) is 0 Å². The molecule has 100 valence electrons. The van der Waals surface area contributed by atoms with E-state index in [1.807, 2.05) is 0 Å². The van der Waals surface area contributed by atoms with Gasteiger partial charge in [-0.1, -0.05) is 17.7 Å². The van der Waals surface area contributed by atoms with E-state index in [9.17, 15) is 5.11 Å². The SMILES string of the molecule is Nc1nc(Cl)c2ncn([C@@H]3C=C(CO)[C@H](O)C3)c2n1. The third kappa shape index (κ3) is 1.95. The summed E-state index contributed by atoms with van der Waals surface area (Å²) in [5, 5.41) is 19.1. The van der Waals surface area contributed by atoms with Crippen LogP contribution in [0.15, 0.2) is 18.0 Å². The van der Waals surface area contributed by atoms with Crippen molar-refractivity contribution in [1.82, 2.24) is 19.5 Å². The van der Waals surface area contributed by atoms with Gasteiger partial charge in [0.1, 0.15) is 5.52 Å². The molecule has 0 aliphatic heterocycles. The number of aromatic nitrogens is 4. The lowest BCUT2D eigenvalue weighted by atomic mass is 10.2. The lowest BCUT2D eigenvalue weighted by molar-refractivity contribution is 0.182. The molecule has 0 spiro atoms. The summed E-state index contributed by atoms with van der Waals surface area (Å²) < 4.78 is 1.77. The minimum absolute atomic E-state index is 0.0733. The lowest BCUT2D eigenvalue weighted by Crippen LogP contribution is -2.11. The number of hydrogen-bond donors (Lipinski definition) is 3. The molecule has 0 aromatic carbocycles. The number of anilines is 1. The molecule has 2 atom stereocenters. The Balaban J connectivity index is 2.10. The van der Waals surface area contributed by atoms with Crippen LogP contribution >= 0.6 is 11.6 Å². The van der Waals surface area contributed by atoms with Crippen molar-refractivity contribution in [1.29, 1.82) is 0 Å². The number of nitrogens with zero attached hydrogens (tertiary/aromatic N) is 4. The minimum Gasteiger partial charge on any atom is -0.392 e. The lowest BCUT2D eigenvalue weighted by Gasteiger charge is -2.11. The van der Waals surface area contributed by atoms with Crippen LogP contribution in [0.2, 0.25) is 5.15 Å². The maximum absolute atomic E-state index is 9.79. The van der Waals surface area contributed by atoms with E-state index in [0.29, 0.717) is 23.2 Å². The van der Waals surface area contributed by atoms with Crippen LogP contribution < -0.4 is 5.73 Å². The molecule has 1 aliphatic rings. The van der Waals surface area contributed by atoms with Gasteiger partial charge in [-0.25, -0.2) is 4.98 Å². The Hall–Kier alpha value is -1.70. The number of fused-ring (bicyclic) bond motifs is 1. The van der Waals surface area contributed by atoms with Crippen molar-refractivity contribution in [3.63, 3.8) is 0 Å². The first kappa shape index (κ1) is 12.3. The zero-order chi connectivity index (χ0) is 13.6. The molecule has 3 rings (SSSR count). The summed E-state index contributed by atoms with van der Waals surface area (Å²) in [4.78, 5) is 12.1. The van der Waals surface area contributed by atoms with E-state index in [1.165, 1.54) is 0 Å². The zero-order valence-corrected chi connectivity index (χ0v) is 10.6. The summed E-state index contributed by atoms with van der Waals surface area (Å²) in [6.07, 6.45) is 3.20. The highest BCUT2D eigenvalue weighted by molar-refractivity contribution is 6.33. The molecule has 0 bridgehead atoms. The molecular weight excluding hydrogens is 270 g/mol. The molecule has 4 N–H and O–H groups in total. The van der Waals surface area contributed by atoms with E-state index in [2.05, 4.69) is 15.0 Å². The van der Waals surface area contributed by atoms with E-state index < -0.39 is 6.10 Å². The molecular formula is C11H12ClN5O2. The van der Waals surface area contributed by atoms with Gasteiger partial charge in [0, 0.05) is 6.42 Å². The largest absolute Gasteiger partial charge is 0.392 e. The van der Waals surface area contributed by atoms with Crippen LogP contribution in [0.4, 0.5) is 5.95 Å². The van der Waals surface area contributed by atoms with Gasteiger partial charge in [-0.05, 0) is 5.57 Å². The van der Waals surface area contributed by atoms with Gasteiger partial charge in [0.2, 0.25) is 5.95 Å². The molecule has 2 aromatic heterocycles. The van der Waals surface area contributed by atoms with Gasteiger partial charge >= 0.3 is 0 Å². The standard InChI is InChI=1S/C11H12ClN5O2/c12-9-8-10(16-11(13)15-9)17(4-14-8)6-1-5(3-18)7(19)2-6/h1,4,6-7,18-19H,2-3H2,(H2,13,15,16)/t6-,7-/m1/s1. The van der Waals surface area contributed by atoms with Gasteiger partial charge in [0.15, 0.2) is 10.8 Å². The molecule has 8 heteroatoms. The number of rotatable bonds is 2. The van der Waals surface area contributed by atoms with Crippen molar-refractivity contribution >= 4 is 28.7 Å². The van der Waals surface area contributed by atoms with Gasteiger partial charge in [0.05, 0.1) is 25.1 Å². The normalized spacial score (nSPS) is 23.0. The van der Waals surface area contributed by atoms with Crippen LogP contribution in [0.5, 0.6) is 0 Å². The molecule has 0 saturated carbocycles. The maximum Gasteiger partial charge on any atom is 0.223 e. The van der Waals surface area contributed by atoms with Crippen molar-refractivity contribution in [3.8, 4) is 0 Å². The Morgan fingerprint density at radius 2 is 2.26 bits per heavy atom. The Morgan fingerprint density at radius 3 is 2.95 bits per heavy atom. The second kappa shape index (κ2) is 4.44. The van der Waals surface area contributed by atoms with E-state index in [4.69, 9.17) is 22.4 Å². The fourth-order valence-electron chi connectivity index (χ4n) is 2.30. The summed E-state index contributed by atoms with van der Waals surface area (Å²) in [5.41, 5.74) is 7.16. The molecule has 2 heterocycles.